The molecule has 1 aromatic rings. The van der Waals surface area contributed by atoms with Crippen molar-refractivity contribution in [3.8, 4) is 0 Å². The first-order chi connectivity index (χ1) is 10.1. The molecular weight excluding hydrogens is 377 g/mol. The number of hydrogen-bond acceptors (Lipinski definition) is 3. The van der Waals surface area contributed by atoms with Crippen LogP contribution in [0.3, 0.4) is 0 Å². The molecule has 0 aromatic heterocycles. The van der Waals surface area contributed by atoms with Crippen molar-refractivity contribution in [2.45, 2.75) is 43.8 Å². The standard InChI is InChI=1S/C16H22IN3O/c1-20(15-8-13-5-6-14(9-15)18-13)10-16(21)19-12-4-2-3-11(17)7-12/h2-4,7,13-15,18H,5-6,8-10H2,1H3,(H,19,21). The molecule has 0 spiro atoms. The molecule has 2 fully saturated rings. The lowest BCUT2D eigenvalue weighted by molar-refractivity contribution is -0.117. The zero-order valence-electron chi connectivity index (χ0n) is 12.3. The number of hydrogen-bond donors (Lipinski definition) is 2. The summed E-state index contributed by atoms with van der Waals surface area (Å²) in [6.07, 6.45) is 4.93. The number of anilines is 1. The Balaban J connectivity index is 1.52. The second-order valence-corrected chi connectivity index (χ2v) is 7.48. The van der Waals surface area contributed by atoms with Crippen LogP contribution in [-0.2, 0) is 4.79 Å². The largest absolute Gasteiger partial charge is 0.325 e. The number of benzene rings is 1. The van der Waals surface area contributed by atoms with Crippen LogP contribution in [0.15, 0.2) is 24.3 Å². The number of fused-ring (bicyclic) bond motifs is 2. The van der Waals surface area contributed by atoms with Gasteiger partial charge in [0.2, 0.25) is 5.91 Å². The van der Waals surface area contributed by atoms with Crippen LogP contribution >= 0.6 is 22.6 Å². The first-order valence-corrected chi connectivity index (χ1v) is 8.70. The van der Waals surface area contributed by atoms with Crippen molar-refractivity contribution < 1.29 is 4.79 Å². The van der Waals surface area contributed by atoms with Crippen molar-refractivity contribution in [2.75, 3.05) is 18.9 Å². The van der Waals surface area contributed by atoms with Gasteiger partial charge in [0.1, 0.15) is 0 Å². The molecule has 4 nitrogen and oxygen atoms in total. The van der Waals surface area contributed by atoms with E-state index in [4.69, 9.17) is 0 Å². The summed E-state index contributed by atoms with van der Waals surface area (Å²) in [4.78, 5) is 14.4. The minimum absolute atomic E-state index is 0.0744. The van der Waals surface area contributed by atoms with Gasteiger partial charge in [0.15, 0.2) is 0 Å². The average molecular weight is 399 g/mol. The summed E-state index contributed by atoms with van der Waals surface area (Å²) in [5.41, 5.74) is 0.880. The third kappa shape index (κ3) is 3.96. The number of halogens is 1. The molecule has 0 aliphatic carbocycles. The molecule has 0 saturated carbocycles. The summed E-state index contributed by atoms with van der Waals surface area (Å²) in [6, 6.07) is 9.77. The van der Waals surface area contributed by atoms with E-state index < -0.39 is 0 Å². The van der Waals surface area contributed by atoms with E-state index in [0.717, 1.165) is 9.26 Å². The molecule has 2 bridgehead atoms. The maximum Gasteiger partial charge on any atom is 0.238 e. The van der Waals surface area contributed by atoms with Crippen LogP contribution in [0.5, 0.6) is 0 Å². The lowest BCUT2D eigenvalue weighted by atomic mass is 9.98. The summed E-state index contributed by atoms with van der Waals surface area (Å²) < 4.78 is 1.13. The van der Waals surface area contributed by atoms with Gasteiger partial charge < -0.3 is 10.6 Å². The molecule has 2 unspecified atom stereocenters. The first kappa shape index (κ1) is 15.2. The number of nitrogens with zero attached hydrogens (tertiary/aromatic N) is 1. The van der Waals surface area contributed by atoms with Crippen LogP contribution in [0.1, 0.15) is 25.7 Å². The average Bonchev–Trinajstić information content (AvgIpc) is 2.77. The van der Waals surface area contributed by atoms with E-state index in [-0.39, 0.29) is 5.91 Å². The molecule has 2 atom stereocenters. The maximum absolute atomic E-state index is 12.2. The molecule has 2 N–H and O–H groups in total. The number of nitrogens with one attached hydrogen (secondary N) is 2. The van der Waals surface area contributed by atoms with Gasteiger partial charge in [0.25, 0.3) is 0 Å². The van der Waals surface area contributed by atoms with Crippen molar-refractivity contribution in [2.24, 2.45) is 0 Å². The quantitative estimate of drug-likeness (QED) is 0.765. The zero-order chi connectivity index (χ0) is 14.8. The Kier molecular flexibility index (Phi) is 4.81. The smallest absolute Gasteiger partial charge is 0.238 e. The fraction of sp³-hybridized carbons (Fsp3) is 0.562. The minimum atomic E-state index is 0.0744. The lowest BCUT2D eigenvalue weighted by Crippen LogP contribution is -2.48. The van der Waals surface area contributed by atoms with E-state index in [1.807, 2.05) is 24.3 Å². The van der Waals surface area contributed by atoms with Crippen LogP contribution < -0.4 is 10.6 Å². The van der Waals surface area contributed by atoms with Gasteiger partial charge in [0, 0.05) is 27.4 Å². The van der Waals surface area contributed by atoms with Gasteiger partial charge in [-0.05, 0) is 73.5 Å². The number of carbonyl (C=O) groups is 1. The molecule has 2 heterocycles. The first-order valence-electron chi connectivity index (χ1n) is 7.62. The molecule has 5 heteroatoms. The Labute approximate surface area is 139 Å². The van der Waals surface area contributed by atoms with E-state index in [1.165, 1.54) is 25.7 Å². The molecule has 1 amide bonds. The summed E-state index contributed by atoms with van der Waals surface area (Å²) in [7, 11) is 2.07. The highest BCUT2D eigenvalue weighted by Crippen LogP contribution is 2.29. The third-order valence-corrected chi connectivity index (χ3v) is 5.24. The van der Waals surface area contributed by atoms with Crippen molar-refractivity contribution in [3.63, 3.8) is 0 Å². The fourth-order valence-corrected chi connectivity index (χ4v) is 4.05. The van der Waals surface area contributed by atoms with Crippen LogP contribution in [0, 0.1) is 3.57 Å². The molecule has 21 heavy (non-hydrogen) atoms. The summed E-state index contributed by atoms with van der Waals surface area (Å²) in [5.74, 6) is 0.0744. The summed E-state index contributed by atoms with van der Waals surface area (Å²) in [6.45, 7) is 0.468. The van der Waals surface area contributed by atoms with Crippen LogP contribution in [0.2, 0.25) is 0 Å². The second-order valence-electron chi connectivity index (χ2n) is 6.24. The van der Waals surface area contributed by atoms with E-state index in [9.17, 15) is 4.79 Å². The molecule has 2 aliphatic rings. The summed E-state index contributed by atoms with van der Waals surface area (Å²) >= 11 is 2.26. The number of likely N-dealkylation sites (N-methyl/N-ethyl adjacent to an activating group) is 1. The van der Waals surface area contributed by atoms with Gasteiger partial charge in [-0.25, -0.2) is 0 Å². The van der Waals surface area contributed by atoms with Gasteiger partial charge in [-0.2, -0.15) is 0 Å². The normalized spacial score (nSPS) is 27.9. The topological polar surface area (TPSA) is 44.4 Å². The molecule has 114 valence electrons. The van der Waals surface area contributed by atoms with E-state index in [2.05, 4.69) is 45.2 Å². The molecule has 2 saturated heterocycles. The Morgan fingerprint density at radius 3 is 2.76 bits per heavy atom. The Morgan fingerprint density at radius 2 is 2.10 bits per heavy atom. The molecular formula is C16H22IN3O. The molecule has 1 aromatic carbocycles. The highest BCUT2D eigenvalue weighted by molar-refractivity contribution is 14.1. The SMILES string of the molecule is CN(CC(=O)Nc1cccc(I)c1)C1CC2CCC(C1)N2. The van der Waals surface area contributed by atoms with Crippen molar-refractivity contribution >= 4 is 34.2 Å². The maximum atomic E-state index is 12.2. The summed E-state index contributed by atoms with van der Waals surface area (Å²) in [5, 5.41) is 6.64. The van der Waals surface area contributed by atoms with Crippen molar-refractivity contribution in [3.05, 3.63) is 27.8 Å². The number of piperidine rings is 1. The fourth-order valence-electron chi connectivity index (χ4n) is 3.51. The van der Waals surface area contributed by atoms with Gasteiger partial charge in [-0.1, -0.05) is 6.07 Å². The number of amides is 1. The van der Waals surface area contributed by atoms with E-state index in [1.54, 1.807) is 0 Å². The van der Waals surface area contributed by atoms with Gasteiger partial charge in [-0.3, -0.25) is 9.69 Å². The highest BCUT2D eigenvalue weighted by atomic mass is 127. The van der Waals surface area contributed by atoms with E-state index >= 15 is 0 Å². The predicted octanol–water partition coefficient (Wildman–Crippen LogP) is 2.44. The Hall–Kier alpha value is -0.660. The zero-order valence-corrected chi connectivity index (χ0v) is 14.5. The molecule has 2 aliphatic heterocycles. The van der Waals surface area contributed by atoms with Gasteiger partial charge in [0.05, 0.1) is 6.54 Å². The predicted molar refractivity (Wildman–Crippen MR) is 93.4 cm³/mol. The van der Waals surface area contributed by atoms with Crippen LogP contribution in [-0.4, -0.2) is 42.5 Å². The van der Waals surface area contributed by atoms with Crippen molar-refractivity contribution in [1.82, 2.24) is 10.2 Å². The second kappa shape index (κ2) is 6.62. The molecule has 3 rings (SSSR count). The monoisotopic (exact) mass is 399 g/mol. The van der Waals surface area contributed by atoms with Crippen LogP contribution in [0.25, 0.3) is 0 Å². The third-order valence-electron chi connectivity index (χ3n) is 4.57. The minimum Gasteiger partial charge on any atom is -0.325 e. The Bertz CT molecular complexity index is 510. The van der Waals surface area contributed by atoms with E-state index in [0.29, 0.717) is 24.7 Å². The Morgan fingerprint density at radius 1 is 1.38 bits per heavy atom. The number of carbonyl (C=O) groups excluding carboxylic acids is 1. The van der Waals surface area contributed by atoms with Gasteiger partial charge >= 0.3 is 0 Å². The highest BCUT2D eigenvalue weighted by Gasteiger charge is 2.35. The lowest BCUT2D eigenvalue weighted by Gasteiger charge is -2.35. The van der Waals surface area contributed by atoms with Crippen molar-refractivity contribution in [1.29, 1.82) is 0 Å². The number of rotatable bonds is 4. The molecule has 0 radical (unpaired) electrons. The van der Waals surface area contributed by atoms with Gasteiger partial charge in [-0.15, -0.1) is 0 Å². The van der Waals surface area contributed by atoms with Crippen LogP contribution in [0.4, 0.5) is 5.69 Å².